The molecule has 1 heterocycles. The van der Waals surface area contributed by atoms with E-state index in [0.29, 0.717) is 12.4 Å². The summed E-state index contributed by atoms with van der Waals surface area (Å²) in [6, 6.07) is 9.48. The van der Waals surface area contributed by atoms with Gasteiger partial charge < -0.3 is 4.74 Å². The molecule has 0 aliphatic carbocycles. The first-order valence-corrected chi connectivity index (χ1v) is 6.65. The van der Waals surface area contributed by atoms with Gasteiger partial charge in [0.15, 0.2) is 11.6 Å². The summed E-state index contributed by atoms with van der Waals surface area (Å²) in [4.78, 5) is 12.3. The number of hydrogen-bond acceptors (Lipinski definition) is 4. The van der Waals surface area contributed by atoms with Crippen LogP contribution in [0, 0.1) is 0 Å². The third-order valence-corrected chi connectivity index (χ3v) is 2.68. The average molecular weight is 319 g/mol. The van der Waals surface area contributed by atoms with Crippen LogP contribution >= 0.6 is 34.8 Å². The second-order valence-corrected chi connectivity index (χ2v) is 5.84. The first-order valence-electron chi connectivity index (χ1n) is 5.52. The van der Waals surface area contributed by atoms with Crippen LogP contribution in [0.1, 0.15) is 12.7 Å². The fourth-order valence-corrected chi connectivity index (χ4v) is 1.65. The smallest absolute Gasteiger partial charge is 0.320 e. The van der Waals surface area contributed by atoms with Crippen molar-refractivity contribution in [1.29, 1.82) is 0 Å². The molecular formula is C12H10Cl3N3O. The van der Waals surface area contributed by atoms with Crippen molar-refractivity contribution in [3.63, 3.8) is 0 Å². The van der Waals surface area contributed by atoms with Gasteiger partial charge in [0, 0.05) is 5.56 Å². The highest BCUT2D eigenvalue weighted by atomic mass is 35.6. The van der Waals surface area contributed by atoms with Crippen LogP contribution in [-0.2, 0) is 3.79 Å². The molecule has 0 N–H and O–H groups in total. The molecule has 0 aliphatic heterocycles. The Bertz CT molecular complexity index is 558. The number of nitrogens with zero attached hydrogens (tertiary/aromatic N) is 3. The predicted octanol–water partition coefficient (Wildman–Crippen LogP) is 3.76. The molecule has 0 spiro atoms. The Labute approximate surface area is 125 Å². The second-order valence-electron chi connectivity index (χ2n) is 3.56. The van der Waals surface area contributed by atoms with Crippen molar-refractivity contribution in [3.8, 4) is 17.4 Å². The topological polar surface area (TPSA) is 47.9 Å². The second kappa shape index (κ2) is 5.90. The summed E-state index contributed by atoms with van der Waals surface area (Å²) in [5, 5.41) is 0. The third-order valence-electron chi connectivity index (χ3n) is 2.17. The lowest BCUT2D eigenvalue weighted by Crippen LogP contribution is -2.11. The highest BCUT2D eigenvalue weighted by Gasteiger charge is 2.28. The van der Waals surface area contributed by atoms with Gasteiger partial charge in [-0.2, -0.15) is 9.97 Å². The Morgan fingerprint density at radius 1 is 1.05 bits per heavy atom. The van der Waals surface area contributed by atoms with E-state index in [1.54, 1.807) is 0 Å². The van der Waals surface area contributed by atoms with E-state index < -0.39 is 3.79 Å². The van der Waals surface area contributed by atoms with E-state index in [4.69, 9.17) is 39.5 Å². The Kier molecular flexibility index (Phi) is 4.45. The predicted molar refractivity (Wildman–Crippen MR) is 75.7 cm³/mol. The standard InChI is InChI=1S/C12H10Cl3N3O/c1-2-19-11-17-9(8-6-4-3-5-7-8)16-10(18-11)12(13,14)15/h3-7H,2H2,1H3. The van der Waals surface area contributed by atoms with Crippen LogP contribution in [-0.4, -0.2) is 21.6 Å². The van der Waals surface area contributed by atoms with Crippen molar-refractivity contribution >= 4 is 34.8 Å². The number of aromatic nitrogens is 3. The SMILES string of the molecule is CCOc1nc(-c2ccccc2)nc(C(Cl)(Cl)Cl)n1. The Morgan fingerprint density at radius 3 is 2.32 bits per heavy atom. The van der Waals surface area contributed by atoms with Crippen LogP contribution in [0.15, 0.2) is 30.3 Å². The minimum atomic E-state index is -1.72. The zero-order valence-electron chi connectivity index (χ0n) is 9.98. The normalized spacial score (nSPS) is 11.4. The molecule has 2 rings (SSSR count). The van der Waals surface area contributed by atoms with Gasteiger partial charge >= 0.3 is 6.01 Å². The molecular weight excluding hydrogens is 309 g/mol. The fourth-order valence-electron chi connectivity index (χ4n) is 1.39. The lowest BCUT2D eigenvalue weighted by Gasteiger charge is -2.12. The molecule has 0 fully saturated rings. The Balaban J connectivity index is 2.52. The summed E-state index contributed by atoms with van der Waals surface area (Å²) in [6.07, 6.45) is 0. The molecule has 0 amide bonds. The van der Waals surface area contributed by atoms with Crippen molar-refractivity contribution in [2.45, 2.75) is 10.7 Å². The van der Waals surface area contributed by atoms with Crippen molar-refractivity contribution in [1.82, 2.24) is 15.0 Å². The number of benzene rings is 1. The van der Waals surface area contributed by atoms with Gasteiger partial charge in [-0.15, -0.1) is 0 Å². The lowest BCUT2D eigenvalue weighted by atomic mass is 10.2. The molecule has 2 aromatic rings. The zero-order valence-corrected chi connectivity index (χ0v) is 12.2. The molecule has 0 saturated heterocycles. The van der Waals surface area contributed by atoms with Gasteiger partial charge in [-0.25, -0.2) is 4.98 Å². The number of hydrogen-bond donors (Lipinski definition) is 0. The van der Waals surface area contributed by atoms with Crippen molar-refractivity contribution in [3.05, 3.63) is 36.2 Å². The summed E-state index contributed by atoms with van der Waals surface area (Å²) >= 11 is 17.4. The number of rotatable bonds is 3. The average Bonchev–Trinajstić information content (AvgIpc) is 2.39. The molecule has 0 bridgehead atoms. The van der Waals surface area contributed by atoms with Gasteiger partial charge in [-0.3, -0.25) is 0 Å². The maximum Gasteiger partial charge on any atom is 0.320 e. The summed E-state index contributed by atoms with van der Waals surface area (Å²) in [5.41, 5.74) is 0.793. The minimum Gasteiger partial charge on any atom is -0.464 e. The monoisotopic (exact) mass is 317 g/mol. The first-order chi connectivity index (χ1) is 9.00. The molecule has 0 aliphatic rings. The first kappa shape index (κ1) is 14.3. The highest BCUT2D eigenvalue weighted by molar-refractivity contribution is 6.66. The molecule has 1 aromatic heterocycles. The van der Waals surface area contributed by atoms with Gasteiger partial charge in [0.2, 0.25) is 3.79 Å². The molecule has 19 heavy (non-hydrogen) atoms. The Morgan fingerprint density at radius 2 is 1.74 bits per heavy atom. The summed E-state index contributed by atoms with van der Waals surface area (Å²) in [7, 11) is 0. The van der Waals surface area contributed by atoms with Crippen LogP contribution in [0.3, 0.4) is 0 Å². The fraction of sp³-hybridized carbons (Fsp3) is 0.250. The van der Waals surface area contributed by atoms with E-state index in [1.165, 1.54) is 0 Å². The number of alkyl halides is 3. The van der Waals surface area contributed by atoms with E-state index in [0.717, 1.165) is 5.56 Å². The molecule has 0 unspecified atom stereocenters. The Hall–Kier alpha value is -1.10. The number of halogens is 3. The molecule has 0 saturated carbocycles. The van der Waals surface area contributed by atoms with Gasteiger partial charge in [0.25, 0.3) is 0 Å². The molecule has 7 heteroatoms. The van der Waals surface area contributed by atoms with E-state index in [2.05, 4.69) is 15.0 Å². The molecule has 0 atom stereocenters. The van der Waals surface area contributed by atoms with Crippen molar-refractivity contribution in [2.75, 3.05) is 6.61 Å². The summed E-state index contributed by atoms with van der Waals surface area (Å²) in [5.74, 6) is 0.440. The van der Waals surface area contributed by atoms with Crippen LogP contribution < -0.4 is 4.74 Å². The van der Waals surface area contributed by atoms with E-state index in [1.807, 2.05) is 37.3 Å². The molecule has 0 radical (unpaired) electrons. The van der Waals surface area contributed by atoms with Gasteiger partial charge in [0.05, 0.1) is 6.61 Å². The quantitative estimate of drug-likeness (QED) is 0.808. The van der Waals surface area contributed by atoms with Crippen LogP contribution in [0.4, 0.5) is 0 Å². The van der Waals surface area contributed by atoms with Crippen LogP contribution in [0.25, 0.3) is 11.4 Å². The van der Waals surface area contributed by atoms with Crippen LogP contribution in [0.5, 0.6) is 6.01 Å². The van der Waals surface area contributed by atoms with E-state index >= 15 is 0 Å². The van der Waals surface area contributed by atoms with Gasteiger partial charge in [0.1, 0.15) is 0 Å². The summed E-state index contributed by atoms with van der Waals surface area (Å²) < 4.78 is 3.54. The van der Waals surface area contributed by atoms with Crippen molar-refractivity contribution in [2.24, 2.45) is 0 Å². The van der Waals surface area contributed by atoms with E-state index in [9.17, 15) is 0 Å². The molecule has 100 valence electrons. The van der Waals surface area contributed by atoms with Gasteiger partial charge in [-0.1, -0.05) is 65.1 Å². The van der Waals surface area contributed by atoms with Gasteiger partial charge in [-0.05, 0) is 6.92 Å². The maximum absolute atomic E-state index is 5.81. The minimum absolute atomic E-state index is 0.0369. The maximum atomic E-state index is 5.81. The highest BCUT2D eigenvalue weighted by Crippen LogP contribution is 2.37. The molecule has 1 aromatic carbocycles. The van der Waals surface area contributed by atoms with Crippen molar-refractivity contribution < 1.29 is 4.74 Å². The number of ether oxygens (including phenoxy) is 1. The third kappa shape index (κ3) is 3.69. The molecule has 4 nitrogen and oxygen atoms in total. The largest absolute Gasteiger partial charge is 0.464 e. The summed E-state index contributed by atoms with van der Waals surface area (Å²) in [6.45, 7) is 2.23. The van der Waals surface area contributed by atoms with E-state index in [-0.39, 0.29) is 11.8 Å². The zero-order chi connectivity index (χ0) is 13.9. The van der Waals surface area contributed by atoms with Crippen LogP contribution in [0.2, 0.25) is 0 Å². The lowest BCUT2D eigenvalue weighted by molar-refractivity contribution is 0.310.